The maximum absolute atomic E-state index is 12.1. The van der Waals surface area contributed by atoms with Crippen molar-refractivity contribution in [3.63, 3.8) is 0 Å². The highest BCUT2D eigenvalue weighted by molar-refractivity contribution is 5.95. The van der Waals surface area contributed by atoms with E-state index >= 15 is 0 Å². The molecule has 6 nitrogen and oxygen atoms in total. The number of rotatable bonds is 7. The average Bonchev–Trinajstić information content (AvgIpc) is 3.43. The van der Waals surface area contributed by atoms with Crippen molar-refractivity contribution in [3.05, 3.63) is 47.7 Å². The Labute approximate surface area is 141 Å². The van der Waals surface area contributed by atoms with E-state index in [0.717, 1.165) is 18.4 Å². The molecule has 3 rings (SSSR count). The minimum Gasteiger partial charge on any atom is -0.493 e. The summed E-state index contributed by atoms with van der Waals surface area (Å²) in [5, 5.41) is 6.20. The molecule has 1 aliphatic rings. The smallest absolute Gasteiger partial charge is 0.251 e. The van der Waals surface area contributed by atoms with Gasteiger partial charge in [0.25, 0.3) is 5.91 Å². The molecule has 0 unspecified atom stereocenters. The molecule has 1 fully saturated rings. The fourth-order valence-electron chi connectivity index (χ4n) is 2.35. The lowest BCUT2D eigenvalue weighted by atomic mass is 10.2. The molecule has 126 valence electrons. The van der Waals surface area contributed by atoms with Crippen LogP contribution in [0.15, 0.2) is 36.5 Å². The van der Waals surface area contributed by atoms with E-state index in [1.54, 1.807) is 32.5 Å². The molecule has 1 amide bonds. The summed E-state index contributed by atoms with van der Waals surface area (Å²) in [5.74, 6) is 1.99. The summed E-state index contributed by atoms with van der Waals surface area (Å²) in [6.07, 6.45) is 3.78. The maximum Gasteiger partial charge on any atom is 0.251 e. The Morgan fingerprint density at radius 3 is 2.67 bits per heavy atom. The molecule has 24 heavy (non-hydrogen) atoms. The van der Waals surface area contributed by atoms with Crippen molar-refractivity contribution in [3.8, 4) is 11.5 Å². The van der Waals surface area contributed by atoms with E-state index in [-0.39, 0.29) is 5.91 Å². The first-order chi connectivity index (χ1) is 11.7. The number of methoxy groups -OCH3 is 2. The third-order valence-electron chi connectivity index (χ3n) is 3.86. The lowest BCUT2D eigenvalue weighted by Gasteiger charge is -2.11. The Kier molecular flexibility index (Phi) is 4.84. The summed E-state index contributed by atoms with van der Waals surface area (Å²) >= 11 is 0. The van der Waals surface area contributed by atoms with Crippen LogP contribution in [0.1, 0.15) is 28.8 Å². The molecular weight excluding hydrogens is 306 g/mol. The van der Waals surface area contributed by atoms with E-state index in [1.807, 2.05) is 18.2 Å². The van der Waals surface area contributed by atoms with Crippen LogP contribution < -0.4 is 20.1 Å². The highest BCUT2D eigenvalue weighted by Crippen LogP contribution is 2.27. The van der Waals surface area contributed by atoms with Crippen molar-refractivity contribution < 1.29 is 14.3 Å². The normalized spacial score (nSPS) is 13.2. The number of anilines is 1. The van der Waals surface area contributed by atoms with Crippen LogP contribution in [0.5, 0.6) is 11.5 Å². The Balaban J connectivity index is 1.64. The molecule has 1 aromatic heterocycles. The van der Waals surface area contributed by atoms with Crippen molar-refractivity contribution >= 4 is 11.7 Å². The molecule has 0 spiro atoms. The first-order valence-corrected chi connectivity index (χ1v) is 7.91. The Hall–Kier alpha value is -2.76. The summed E-state index contributed by atoms with van der Waals surface area (Å²) in [5.41, 5.74) is 1.65. The number of ether oxygens (including phenoxy) is 2. The third kappa shape index (κ3) is 3.95. The van der Waals surface area contributed by atoms with Crippen molar-refractivity contribution in [1.82, 2.24) is 10.3 Å². The first-order valence-electron chi connectivity index (χ1n) is 7.91. The predicted molar refractivity (Wildman–Crippen MR) is 91.6 cm³/mol. The van der Waals surface area contributed by atoms with E-state index in [9.17, 15) is 4.79 Å². The van der Waals surface area contributed by atoms with Gasteiger partial charge in [-0.2, -0.15) is 0 Å². The number of nitrogens with zero attached hydrogens (tertiary/aromatic N) is 1. The van der Waals surface area contributed by atoms with E-state index in [2.05, 4.69) is 15.6 Å². The standard InChI is InChI=1S/C18H21N3O3/c1-23-15-6-3-12(9-16(15)24-2)11-20-17-10-13(7-8-19-17)18(22)21-14-4-5-14/h3,6-10,14H,4-5,11H2,1-2H3,(H,19,20)(H,21,22). The van der Waals surface area contributed by atoms with Crippen LogP contribution in [0.4, 0.5) is 5.82 Å². The lowest BCUT2D eigenvalue weighted by molar-refractivity contribution is 0.0951. The number of hydrogen-bond donors (Lipinski definition) is 2. The van der Waals surface area contributed by atoms with Gasteiger partial charge in [0.1, 0.15) is 5.82 Å². The van der Waals surface area contributed by atoms with Crippen molar-refractivity contribution in [2.75, 3.05) is 19.5 Å². The van der Waals surface area contributed by atoms with Crippen LogP contribution in [0, 0.1) is 0 Å². The van der Waals surface area contributed by atoms with Gasteiger partial charge in [-0.3, -0.25) is 4.79 Å². The van der Waals surface area contributed by atoms with Gasteiger partial charge in [-0.1, -0.05) is 6.07 Å². The lowest BCUT2D eigenvalue weighted by Crippen LogP contribution is -2.25. The monoisotopic (exact) mass is 327 g/mol. The van der Waals surface area contributed by atoms with Gasteiger partial charge in [-0.25, -0.2) is 4.98 Å². The second kappa shape index (κ2) is 7.21. The Morgan fingerprint density at radius 1 is 1.17 bits per heavy atom. The number of aromatic nitrogens is 1. The summed E-state index contributed by atoms with van der Waals surface area (Å²) in [6, 6.07) is 9.56. The van der Waals surface area contributed by atoms with Crippen LogP contribution in [0.3, 0.4) is 0 Å². The average molecular weight is 327 g/mol. The van der Waals surface area contributed by atoms with Gasteiger partial charge in [0.2, 0.25) is 0 Å². The fourth-order valence-corrected chi connectivity index (χ4v) is 2.35. The van der Waals surface area contributed by atoms with Gasteiger partial charge >= 0.3 is 0 Å². The first kappa shape index (κ1) is 16.1. The Morgan fingerprint density at radius 2 is 1.96 bits per heavy atom. The van der Waals surface area contributed by atoms with E-state index in [0.29, 0.717) is 35.5 Å². The zero-order valence-electron chi connectivity index (χ0n) is 13.8. The number of carbonyl (C=O) groups is 1. The molecule has 0 atom stereocenters. The SMILES string of the molecule is COc1ccc(CNc2cc(C(=O)NC3CC3)ccn2)cc1OC. The Bertz CT molecular complexity index is 729. The molecule has 6 heteroatoms. The van der Waals surface area contributed by atoms with Crippen molar-refractivity contribution in [2.45, 2.75) is 25.4 Å². The van der Waals surface area contributed by atoms with E-state index in [4.69, 9.17) is 9.47 Å². The van der Waals surface area contributed by atoms with Gasteiger partial charge in [0.15, 0.2) is 11.5 Å². The molecule has 0 aliphatic heterocycles. The maximum atomic E-state index is 12.1. The summed E-state index contributed by atoms with van der Waals surface area (Å²) in [6.45, 7) is 0.570. The number of pyridine rings is 1. The molecule has 1 saturated carbocycles. The van der Waals surface area contributed by atoms with Gasteiger partial charge in [-0.15, -0.1) is 0 Å². The van der Waals surface area contributed by atoms with Crippen LogP contribution >= 0.6 is 0 Å². The molecule has 2 aromatic rings. The number of nitrogens with one attached hydrogen (secondary N) is 2. The van der Waals surface area contributed by atoms with Gasteiger partial charge in [-0.05, 0) is 42.7 Å². The highest BCUT2D eigenvalue weighted by atomic mass is 16.5. The molecule has 0 bridgehead atoms. The van der Waals surface area contributed by atoms with Crippen molar-refractivity contribution in [1.29, 1.82) is 0 Å². The molecule has 0 saturated heterocycles. The number of benzene rings is 1. The molecule has 1 aromatic carbocycles. The summed E-state index contributed by atoms with van der Waals surface area (Å²) < 4.78 is 10.5. The zero-order valence-corrected chi connectivity index (χ0v) is 13.8. The van der Waals surface area contributed by atoms with Gasteiger partial charge in [0, 0.05) is 24.3 Å². The third-order valence-corrected chi connectivity index (χ3v) is 3.86. The topological polar surface area (TPSA) is 72.5 Å². The van der Waals surface area contributed by atoms with E-state index in [1.165, 1.54) is 0 Å². The minimum atomic E-state index is -0.0472. The van der Waals surface area contributed by atoms with Crippen LogP contribution in [0.25, 0.3) is 0 Å². The second-order valence-electron chi connectivity index (χ2n) is 5.72. The van der Waals surface area contributed by atoms with Crippen molar-refractivity contribution in [2.24, 2.45) is 0 Å². The van der Waals surface area contributed by atoms with Gasteiger partial charge in [0.05, 0.1) is 14.2 Å². The molecule has 2 N–H and O–H groups in total. The highest BCUT2D eigenvalue weighted by Gasteiger charge is 2.23. The molecule has 1 aliphatic carbocycles. The van der Waals surface area contributed by atoms with Crippen LogP contribution in [-0.2, 0) is 6.54 Å². The largest absolute Gasteiger partial charge is 0.493 e. The molecule has 1 heterocycles. The van der Waals surface area contributed by atoms with Gasteiger partial charge < -0.3 is 20.1 Å². The number of hydrogen-bond acceptors (Lipinski definition) is 5. The van der Waals surface area contributed by atoms with Crippen LogP contribution in [-0.4, -0.2) is 31.2 Å². The van der Waals surface area contributed by atoms with Crippen LogP contribution in [0.2, 0.25) is 0 Å². The molecule has 0 radical (unpaired) electrons. The molecular formula is C18H21N3O3. The fraction of sp³-hybridized carbons (Fsp3) is 0.333. The summed E-state index contributed by atoms with van der Waals surface area (Å²) in [4.78, 5) is 16.3. The zero-order chi connectivity index (χ0) is 16.9. The van der Waals surface area contributed by atoms with E-state index < -0.39 is 0 Å². The quantitative estimate of drug-likeness (QED) is 0.818. The number of carbonyl (C=O) groups excluding carboxylic acids is 1. The summed E-state index contributed by atoms with van der Waals surface area (Å²) in [7, 11) is 3.22. The predicted octanol–water partition coefficient (Wildman–Crippen LogP) is 2.60. The minimum absolute atomic E-state index is 0.0472. The number of amides is 1. The second-order valence-corrected chi connectivity index (χ2v) is 5.72.